The van der Waals surface area contributed by atoms with Crippen LogP contribution in [-0.4, -0.2) is 46.0 Å². The van der Waals surface area contributed by atoms with Gasteiger partial charge in [0.1, 0.15) is 11.4 Å². The molecular formula is C26H29N3O5. The zero-order chi connectivity index (χ0) is 24.8. The van der Waals surface area contributed by atoms with Crippen molar-refractivity contribution in [3.8, 4) is 11.1 Å². The van der Waals surface area contributed by atoms with E-state index >= 15 is 0 Å². The number of fused-ring (bicyclic) bond motifs is 2. The van der Waals surface area contributed by atoms with Crippen LogP contribution in [0.4, 0.5) is 10.6 Å². The summed E-state index contributed by atoms with van der Waals surface area (Å²) in [6, 6.07) is 5.58. The van der Waals surface area contributed by atoms with E-state index in [1.54, 1.807) is 31.0 Å². The molecule has 0 radical (unpaired) electrons. The quantitative estimate of drug-likeness (QED) is 0.400. The SMILES string of the molecule is CCOC(=O)c1cc2c(-c3ccnc4c3CCN4C(=O)OC(C)(C)C)ccn2c(C(C)=O)c1C. The Labute approximate surface area is 198 Å². The monoisotopic (exact) mass is 463 g/mol. The van der Waals surface area contributed by atoms with E-state index in [4.69, 9.17) is 9.47 Å². The average molecular weight is 464 g/mol. The lowest BCUT2D eigenvalue weighted by Crippen LogP contribution is -2.36. The number of amides is 1. The van der Waals surface area contributed by atoms with Gasteiger partial charge in [-0.1, -0.05) is 0 Å². The molecule has 0 bridgehead atoms. The largest absolute Gasteiger partial charge is 0.462 e. The number of hydrogen-bond donors (Lipinski definition) is 0. The number of carbonyl (C=O) groups is 3. The first kappa shape index (κ1) is 23.5. The van der Waals surface area contributed by atoms with Gasteiger partial charge < -0.3 is 13.9 Å². The van der Waals surface area contributed by atoms with Crippen LogP contribution in [0.1, 0.15) is 66.6 Å². The molecule has 0 atom stereocenters. The van der Waals surface area contributed by atoms with E-state index in [2.05, 4.69) is 4.98 Å². The molecule has 34 heavy (non-hydrogen) atoms. The van der Waals surface area contributed by atoms with Crippen LogP contribution in [0, 0.1) is 6.92 Å². The summed E-state index contributed by atoms with van der Waals surface area (Å²) in [5, 5.41) is 0. The van der Waals surface area contributed by atoms with Crippen LogP contribution >= 0.6 is 0 Å². The lowest BCUT2D eigenvalue weighted by Gasteiger charge is -2.24. The maximum atomic E-state index is 12.7. The molecule has 0 unspecified atom stereocenters. The number of esters is 1. The number of nitrogens with zero attached hydrogens (tertiary/aromatic N) is 3. The third-order valence-corrected chi connectivity index (χ3v) is 5.81. The number of anilines is 1. The van der Waals surface area contributed by atoms with Gasteiger partial charge in [-0.25, -0.2) is 14.6 Å². The third-order valence-electron chi connectivity index (χ3n) is 5.81. The zero-order valence-corrected chi connectivity index (χ0v) is 20.4. The van der Waals surface area contributed by atoms with Crippen LogP contribution in [0.25, 0.3) is 16.6 Å². The Balaban J connectivity index is 1.87. The van der Waals surface area contributed by atoms with E-state index in [-0.39, 0.29) is 12.4 Å². The molecule has 4 heterocycles. The van der Waals surface area contributed by atoms with Crippen LogP contribution in [0.5, 0.6) is 0 Å². The second-order valence-electron chi connectivity index (χ2n) is 9.34. The maximum absolute atomic E-state index is 12.7. The molecule has 3 aromatic heterocycles. The van der Waals surface area contributed by atoms with Gasteiger partial charge in [-0.15, -0.1) is 0 Å². The van der Waals surface area contributed by atoms with Crippen molar-refractivity contribution in [2.45, 2.75) is 53.6 Å². The number of aromatic nitrogens is 2. The predicted molar refractivity (Wildman–Crippen MR) is 129 cm³/mol. The minimum absolute atomic E-state index is 0.146. The van der Waals surface area contributed by atoms with Crippen LogP contribution in [0.15, 0.2) is 30.6 Å². The summed E-state index contributed by atoms with van der Waals surface area (Å²) >= 11 is 0. The molecule has 0 saturated carbocycles. The average Bonchev–Trinajstić information content (AvgIpc) is 3.35. The molecule has 0 aromatic carbocycles. The summed E-state index contributed by atoms with van der Waals surface area (Å²) in [6.07, 6.45) is 3.67. The Bertz CT molecular complexity index is 1320. The molecule has 0 N–H and O–H groups in total. The van der Waals surface area contributed by atoms with Gasteiger partial charge in [-0.05, 0) is 70.4 Å². The number of ketones is 1. The molecule has 3 aromatic rings. The van der Waals surface area contributed by atoms with E-state index < -0.39 is 17.7 Å². The van der Waals surface area contributed by atoms with E-state index in [9.17, 15) is 14.4 Å². The van der Waals surface area contributed by atoms with Crippen molar-refractivity contribution in [3.63, 3.8) is 0 Å². The van der Waals surface area contributed by atoms with Crippen molar-refractivity contribution in [2.24, 2.45) is 0 Å². The van der Waals surface area contributed by atoms with Gasteiger partial charge >= 0.3 is 12.1 Å². The minimum Gasteiger partial charge on any atom is -0.462 e. The van der Waals surface area contributed by atoms with E-state index in [0.29, 0.717) is 41.1 Å². The van der Waals surface area contributed by atoms with E-state index in [1.807, 2.05) is 43.5 Å². The van der Waals surface area contributed by atoms with Gasteiger partial charge in [0, 0.05) is 37.0 Å². The molecule has 1 aliphatic heterocycles. The highest BCUT2D eigenvalue weighted by atomic mass is 16.6. The van der Waals surface area contributed by atoms with Crippen LogP contribution in [0.2, 0.25) is 0 Å². The molecule has 8 nitrogen and oxygen atoms in total. The lowest BCUT2D eigenvalue weighted by atomic mass is 9.99. The fraction of sp³-hybridized carbons (Fsp3) is 0.385. The summed E-state index contributed by atoms with van der Waals surface area (Å²) < 4.78 is 12.6. The molecular weight excluding hydrogens is 434 g/mol. The summed E-state index contributed by atoms with van der Waals surface area (Å²) in [6.45, 7) is 11.2. The van der Waals surface area contributed by atoms with Crippen LogP contribution in [0.3, 0.4) is 0 Å². The molecule has 0 spiro atoms. The fourth-order valence-electron chi connectivity index (χ4n) is 4.46. The Morgan fingerprint density at radius 3 is 2.53 bits per heavy atom. The Kier molecular flexibility index (Phi) is 5.93. The molecule has 0 saturated heterocycles. The van der Waals surface area contributed by atoms with Gasteiger partial charge in [-0.3, -0.25) is 9.69 Å². The Morgan fingerprint density at radius 1 is 1.15 bits per heavy atom. The normalized spacial score (nSPS) is 13.2. The number of pyridine rings is 2. The van der Waals surface area contributed by atoms with Gasteiger partial charge in [0.05, 0.1) is 23.4 Å². The summed E-state index contributed by atoms with van der Waals surface area (Å²) in [5.41, 5.74) is 4.14. The molecule has 4 rings (SSSR count). The van der Waals surface area contributed by atoms with Crippen molar-refractivity contribution < 1.29 is 23.9 Å². The van der Waals surface area contributed by atoms with Gasteiger partial charge in [0.15, 0.2) is 5.78 Å². The van der Waals surface area contributed by atoms with Gasteiger partial charge in [-0.2, -0.15) is 0 Å². The highest BCUT2D eigenvalue weighted by Crippen LogP contribution is 2.38. The number of ether oxygens (including phenoxy) is 2. The number of carbonyl (C=O) groups excluding carboxylic acids is 3. The minimum atomic E-state index is -0.611. The molecule has 8 heteroatoms. The lowest BCUT2D eigenvalue weighted by molar-refractivity contribution is 0.0523. The molecule has 0 aliphatic carbocycles. The second-order valence-corrected chi connectivity index (χ2v) is 9.34. The Hall–Kier alpha value is -3.68. The highest BCUT2D eigenvalue weighted by molar-refractivity contribution is 6.02. The topological polar surface area (TPSA) is 90.2 Å². The van der Waals surface area contributed by atoms with Crippen molar-refractivity contribution in [1.29, 1.82) is 0 Å². The number of rotatable bonds is 4. The summed E-state index contributed by atoms with van der Waals surface area (Å²) in [4.78, 5) is 44.0. The third kappa shape index (κ3) is 4.04. The Morgan fingerprint density at radius 2 is 1.88 bits per heavy atom. The van der Waals surface area contributed by atoms with Crippen LogP contribution < -0.4 is 4.90 Å². The van der Waals surface area contributed by atoms with Crippen molar-refractivity contribution in [1.82, 2.24) is 9.38 Å². The molecule has 1 aliphatic rings. The van der Waals surface area contributed by atoms with Crippen molar-refractivity contribution >= 4 is 29.2 Å². The predicted octanol–water partition coefficient (Wildman–Crippen LogP) is 4.99. The fourth-order valence-corrected chi connectivity index (χ4v) is 4.46. The van der Waals surface area contributed by atoms with Crippen molar-refractivity contribution in [2.75, 3.05) is 18.1 Å². The molecule has 0 fully saturated rings. The van der Waals surface area contributed by atoms with E-state index in [0.717, 1.165) is 16.7 Å². The maximum Gasteiger partial charge on any atom is 0.416 e. The number of hydrogen-bond acceptors (Lipinski definition) is 6. The standard InChI is InChI=1S/C26H29N3O5/c1-7-33-24(31)20-14-21-18(9-12-28(21)22(15(20)2)16(3)30)17-8-11-27-23-19(17)10-13-29(23)25(32)34-26(4,5)6/h8-9,11-12,14H,7,10,13H2,1-6H3. The first-order chi connectivity index (χ1) is 16.0. The zero-order valence-electron chi connectivity index (χ0n) is 20.4. The molecule has 178 valence electrons. The summed E-state index contributed by atoms with van der Waals surface area (Å²) in [5.74, 6) is -0.0457. The second kappa shape index (κ2) is 8.59. The van der Waals surface area contributed by atoms with Crippen molar-refractivity contribution in [3.05, 3.63) is 53.0 Å². The smallest absolute Gasteiger partial charge is 0.416 e. The summed E-state index contributed by atoms with van der Waals surface area (Å²) in [7, 11) is 0. The van der Waals surface area contributed by atoms with Gasteiger partial charge in [0.2, 0.25) is 0 Å². The van der Waals surface area contributed by atoms with Crippen LogP contribution in [-0.2, 0) is 15.9 Å². The first-order valence-electron chi connectivity index (χ1n) is 11.3. The highest BCUT2D eigenvalue weighted by Gasteiger charge is 2.32. The first-order valence-corrected chi connectivity index (χ1v) is 11.3. The molecule has 1 amide bonds. The van der Waals surface area contributed by atoms with E-state index in [1.165, 1.54) is 6.92 Å². The number of Topliss-reactive ketones (excluding diaryl/α,β-unsaturated/α-hetero) is 1. The van der Waals surface area contributed by atoms with Gasteiger partial charge in [0.25, 0.3) is 0 Å².